The van der Waals surface area contributed by atoms with Crippen LogP contribution in [0.2, 0.25) is 0 Å². The molecule has 0 aliphatic carbocycles. The van der Waals surface area contributed by atoms with E-state index in [0.717, 1.165) is 16.7 Å². The zero-order valence-electron chi connectivity index (χ0n) is 10.1. The molecule has 0 saturated heterocycles. The lowest BCUT2D eigenvalue weighted by Gasteiger charge is -2.08. The van der Waals surface area contributed by atoms with Crippen LogP contribution >= 0.6 is 0 Å². The van der Waals surface area contributed by atoms with Crippen LogP contribution in [0.15, 0.2) is 24.5 Å². The molecule has 0 fully saturated rings. The molecule has 2 aromatic rings. The zero-order valence-corrected chi connectivity index (χ0v) is 10.1. The van der Waals surface area contributed by atoms with Crippen molar-refractivity contribution in [2.75, 3.05) is 24.1 Å². The molecule has 18 heavy (non-hydrogen) atoms. The maximum atomic E-state index is 10.7. The number of hydrogen-bond acceptors (Lipinski definition) is 5. The van der Waals surface area contributed by atoms with Gasteiger partial charge in [0.25, 0.3) is 0 Å². The smallest absolute Gasteiger partial charge is 0.216 e. The maximum Gasteiger partial charge on any atom is 0.216 e. The van der Waals surface area contributed by atoms with Gasteiger partial charge in [0, 0.05) is 31.1 Å². The summed E-state index contributed by atoms with van der Waals surface area (Å²) < 4.78 is 0. The van der Waals surface area contributed by atoms with Crippen LogP contribution in [0.25, 0.3) is 10.9 Å². The van der Waals surface area contributed by atoms with Gasteiger partial charge in [0.05, 0.1) is 5.52 Å². The second kappa shape index (κ2) is 5.31. The highest BCUT2D eigenvalue weighted by Gasteiger charge is 2.03. The summed E-state index contributed by atoms with van der Waals surface area (Å²) >= 11 is 0. The summed E-state index contributed by atoms with van der Waals surface area (Å²) in [5, 5.41) is 6.73. The first-order valence-corrected chi connectivity index (χ1v) is 5.65. The van der Waals surface area contributed by atoms with E-state index in [-0.39, 0.29) is 5.91 Å². The molecule has 0 bridgehead atoms. The molecule has 1 heterocycles. The average molecular weight is 245 g/mol. The Morgan fingerprint density at radius 1 is 1.33 bits per heavy atom. The molecule has 6 nitrogen and oxygen atoms in total. The molecule has 0 saturated carbocycles. The first-order chi connectivity index (χ1) is 8.66. The van der Waals surface area contributed by atoms with Crippen LogP contribution < -0.4 is 16.4 Å². The topological polar surface area (TPSA) is 92.9 Å². The SMILES string of the molecule is CC(=O)NCCNc1ncnc2ccc(N)cc12. The molecule has 4 N–H and O–H groups in total. The molecule has 1 amide bonds. The van der Waals surface area contributed by atoms with Crippen molar-refractivity contribution < 1.29 is 4.79 Å². The van der Waals surface area contributed by atoms with E-state index >= 15 is 0 Å². The molecular weight excluding hydrogens is 230 g/mol. The van der Waals surface area contributed by atoms with E-state index in [4.69, 9.17) is 5.73 Å². The second-order valence-corrected chi connectivity index (χ2v) is 3.91. The quantitative estimate of drug-likeness (QED) is 0.546. The van der Waals surface area contributed by atoms with Crippen LogP contribution in [0.3, 0.4) is 0 Å². The number of anilines is 2. The van der Waals surface area contributed by atoms with Crippen LogP contribution in [0.1, 0.15) is 6.92 Å². The Kier molecular flexibility index (Phi) is 3.57. The minimum atomic E-state index is -0.0476. The van der Waals surface area contributed by atoms with E-state index in [1.165, 1.54) is 13.3 Å². The van der Waals surface area contributed by atoms with E-state index in [1.54, 1.807) is 6.07 Å². The molecule has 1 aromatic heterocycles. The molecule has 94 valence electrons. The van der Waals surface area contributed by atoms with Gasteiger partial charge in [-0.05, 0) is 18.2 Å². The molecule has 1 aromatic carbocycles. The van der Waals surface area contributed by atoms with Crippen molar-refractivity contribution in [1.29, 1.82) is 0 Å². The number of nitrogen functional groups attached to an aromatic ring is 1. The van der Waals surface area contributed by atoms with Gasteiger partial charge < -0.3 is 16.4 Å². The highest BCUT2D eigenvalue weighted by atomic mass is 16.1. The van der Waals surface area contributed by atoms with Gasteiger partial charge in [-0.3, -0.25) is 4.79 Å². The lowest BCUT2D eigenvalue weighted by Crippen LogP contribution is -2.26. The molecule has 6 heteroatoms. The van der Waals surface area contributed by atoms with Crippen LogP contribution in [-0.2, 0) is 4.79 Å². The number of carbonyl (C=O) groups excluding carboxylic acids is 1. The molecule has 0 aliphatic rings. The van der Waals surface area contributed by atoms with E-state index < -0.39 is 0 Å². The van der Waals surface area contributed by atoms with Crippen molar-refractivity contribution in [1.82, 2.24) is 15.3 Å². The Morgan fingerprint density at radius 2 is 2.17 bits per heavy atom. The van der Waals surface area contributed by atoms with E-state index in [9.17, 15) is 4.79 Å². The maximum absolute atomic E-state index is 10.7. The van der Waals surface area contributed by atoms with E-state index in [0.29, 0.717) is 18.8 Å². The number of nitrogens with zero attached hydrogens (tertiary/aromatic N) is 2. The zero-order chi connectivity index (χ0) is 13.0. The number of fused-ring (bicyclic) bond motifs is 1. The van der Waals surface area contributed by atoms with Gasteiger partial charge >= 0.3 is 0 Å². The van der Waals surface area contributed by atoms with Gasteiger partial charge in [0.1, 0.15) is 12.1 Å². The van der Waals surface area contributed by atoms with Gasteiger partial charge in [-0.1, -0.05) is 0 Å². The van der Waals surface area contributed by atoms with Gasteiger partial charge in [-0.2, -0.15) is 0 Å². The monoisotopic (exact) mass is 245 g/mol. The van der Waals surface area contributed by atoms with Gasteiger partial charge in [-0.15, -0.1) is 0 Å². The number of benzene rings is 1. The first kappa shape index (κ1) is 12.1. The number of amides is 1. The third-order valence-corrected chi connectivity index (χ3v) is 2.45. The van der Waals surface area contributed by atoms with Crippen molar-refractivity contribution in [3.05, 3.63) is 24.5 Å². The van der Waals surface area contributed by atoms with Gasteiger partial charge in [0.2, 0.25) is 5.91 Å². The molecule has 0 aliphatic heterocycles. The largest absolute Gasteiger partial charge is 0.399 e. The Morgan fingerprint density at radius 3 is 2.94 bits per heavy atom. The summed E-state index contributed by atoms with van der Waals surface area (Å²) in [4.78, 5) is 19.1. The van der Waals surface area contributed by atoms with Crippen LogP contribution in [-0.4, -0.2) is 29.0 Å². The predicted molar refractivity (Wildman–Crippen MR) is 71.1 cm³/mol. The van der Waals surface area contributed by atoms with Crippen molar-refractivity contribution in [2.45, 2.75) is 6.92 Å². The summed E-state index contributed by atoms with van der Waals surface area (Å²) in [6, 6.07) is 5.48. The second-order valence-electron chi connectivity index (χ2n) is 3.91. The fraction of sp³-hybridized carbons (Fsp3) is 0.250. The Bertz CT molecular complexity index is 569. The Labute approximate surface area is 105 Å². The summed E-state index contributed by atoms with van der Waals surface area (Å²) in [6.07, 6.45) is 1.50. The van der Waals surface area contributed by atoms with Crippen molar-refractivity contribution in [3.8, 4) is 0 Å². The van der Waals surface area contributed by atoms with Crippen molar-refractivity contribution in [3.63, 3.8) is 0 Å². The molecule has 0 radical (unpaired) electrons. The van der Waals surface area contributed by atoms with E-state index in [1.807, 2.05) is 12.1 Å². The highest BCUT2D eigenvalue weighted by Crippen LogP contribution is 2.21. The third-order valence-electron chi connectivity index (χ3n) is 2.45. The normalized spacial score (nSPS) is 10.3. The number of carbonyl (C=O) groups is 1. The summed E-state index contributed by atoms with van der Waals surface area (Å²) in [6.45, 7) is 2.63. The van der Waals surface area contributed by atoms with Crippen molar-refractivity contribution in [2.24, 2.45) is 0 Å². The number of hydrogen-bond donors (Lipinski definition) is 3. The Balaban J connectivity index is 2.12. The number of aromatic nitrogens is 2. The predicted octanol–water partition coefficient (Wildman–Crippen LogP) is 0.760. The lowest BCUT2D eigenvalue weighted by atomic mass is 10.2. The fourth-order valence-corrected chi connectivity index (χ4v) is 1.63. The van der Waals surface area contributed by atoms with E-state index in [2.05, 4.69) is 20.6 Å². The van der Waals surface area contributed by atoms with Crippen LogP contribution in [0.4, 0.5) is 11.5 Å². The molecule has 0 atom stereocenters. The first-order valence-electron chi connectivity index (χ1n) is 5.65. The number of nitrogens with one attached hydrogen (secondary N) is 2. The molecular formula is C12H15N5O. The highest BCUT2D eigenvalue weighted by molar-refractivity contribution is 5.91. The minimum absolute atomic E-state index is 0.0476. The summed E-state index contributed by atoms with van der Waals surface area (Å²) in [5.41, 5.74) is 7.25. The fourth-order valence-electron chi connectivity index (χ4n) is 1.63. The molecule has 0 unspecified atom stereocenters. The van der Waals surface area contributed by atoms with Crippen LogP contribution in [0.5, 0.6) is 0 Å². The standard InChI is InChI=1S/C12H15N5O/c1-8(18)14-4-5-15-12-10-6-9(13)2-3-11(10)16-7-17-12/h2-3,6-7H,4-5,13H2,1H3,(H,14,18)(H,15,16,17). The number of nitrogens with two attached hydrogens (primary N) is 1. The third kappa shape index (κ3) is 2.85. The minimum Gasteiger partial charge on any atom is -0.399 e. The molecule has 2 rings (SSSR count). The average Bonchev–Trinajstić information content (AvgIpc) is 2.34. The summed E-state index contributed by atoms with van der Waals surface area (Å²) in [5.74, 6) is 0.672. The van der Waals surface area contributed by atoms with Gasteiger partial charge in [-0.25, -0.2) is 9.97 Å². The van der Waals surface area contributed by atoms with Gasteiger partial charge in [0.15, 0.2) is 0 Å². The number of rotatable bonds is 4. The Hall–Kier alpha value is -2.37. The van der Waals surface area contributed by atoms with Crippen LogP contribution in [0, 0.1) is 0 Å². The molecule has 0 spiro atoms. The lowest BCUT2D eigenvalue weighted by molar-refractivity contribution is -0.118. The summed E-state index contributed by atoms with van der Waals surface area (Å²) in [7, 11) is 0. The van der Waals surface area contributed by atoms with Crippen molar-refractivity contribution >= 4 is 28.3 Å².